The number of aromatic nitrogens is 6. The molecule has 0 aliphatic rings. The minimum Gasteiger partial charge on any atom is -0.343 e. The van der Waals surface area contributed by atoms with E-state index in [1.54, 1.807) is 6.20 Å². The summed E-state index contributed by atoms with van der Waals surface area (Å²) in [7, 11) is 1.92. The largest absolute Gasteiger partial charge is 0.343 e. The van der Waals surface area contributed by atoms with Crippen molar-refractivity contribution in [3.05, 3.63) is 67.0 Å². The maximum Gasteiger partial charge on any atom is 0.156 e. The molecule has 4 rings (SSSR count). The van der Waals surface area contributed by atoms with Crippen LogP contribution in [0.1, 0.15) is 18.5 Å². The summed E-state index contributed by atoms with van der Waals surface area (Å²) in [5.41, 5.74) is 4.09. The zero-order valence-corrected chi connectivity index (χ0v) is 13.6. The van der Waals surface area contributed by atoms with E-state index >= 15 is 0 Å². The van der Waals surface area contributed by atoms with Gasteiger partial charge in [0.2, 0.25) is 0 Å². The van der Waals surface area contributed by atoms with E-state index in [9.17, 15) is 0 Å². The molecule has 24 heavy (non-hydrogen) atoms. The highest BCUT2D eigenvalue weighted by atomic mass is 15.2. The molecule has 1 N–H and O–H groups in total. The van der Waals surface area contributed by atoms with Crippen LogP contribution in [-0.2, 0) is 7.05 Å². The first-order valence-electron chi connectivity index (χ1n) is 7.84. The fourth-order valence-electron chi connectivity index (χ4n) is 2.91. The van der Waals surface area contributed by atoms with Crippen LogP contribution in [0.4, 0.5) is 0 Å². The van der Waals surface area contributed by atoms with Gasteiger partial charge in [0.1, 0.15) is 5.69 Å². The highest BCUT2D eigenvalue weighted by Gasteiger charge is 2.21. The van der Waals surface area contributed by atoms with Gasteiger partial charge in [-0.15, -0.1) is 0 Å². The summed E-state index contributed by atoms with van der Waals surface area (Å²) < 4.78 is 3.95. The summed E-state index contributed by atoms with van der Waals surface area (Å²) in [6.45, 7) is 2.14. The van der Waals surface area contributed by atoms with Crippen molar-refractivity contribution >= 4 is 0 Å². The first-order chi connectivity index (χ1) is 11.7. The Labute approximate surface area is 139 Å². The normalized spacial score (nSPS) is 12.4. The standard InChI is InChI=1S/C18H18N6/c1-13(15-10-22-23(2)11-15)24-12-21-16(14-6-4-3-5-7-14)17(24)18-19-8-9-20-18/h3-13H,1-2H3,(H,19,20)/t13-/m1/s1. The third kappa shape index (κ3) is 2.42. The quantitative estimate of drug-likeness (QED) is 0.628. The number of rotatable bonds is 4. The lowest BCUT2D eigenvalue weighted by atomic mass is 10.1. The minimum absolute atomic E-state index is 0.101. The third-order valence-corrected chi connectivity index (χ3v) is 4.19. The number of imidazole rings is 2. The fraction of sp³-hybridized carbons (Fsp3) is 0.167. The number of hydrogen-bond acceptors (Lipinski definition) is 3. The van der Waals surface area contributed by atoms with Gasteiger partial charge in [0, 0.05) is 36.8 Å². The van der Waals surface area contributed by atoms with Crippen LogP contribution in [0, 0.1) is 0 Å². The van der Waals surface area contributed by atoms with E-state index in [1.165, 1.54) is 0 Å². The van der Waals surface area contributed by atoms with Gasteiger partial charge < -0.3 is 9.55 Å². The number of aryl methyl sites for hydroxylation is 1. The molecule has 0 saturated carbocycles. The SMILES string of the molecule is C[C@H](c1cnn(C)c1)n1cnc(-c2ccccc2)c1-c1ncc[nH]1. The van der Waals surface area contributed by atoms with E-state index in [1.807, 2.05) is 54.8 Å². The van der Waals surface area contributed by atoms with Crippen LogP contribution in [0.3, 0.4) is 0 Å². The fourth-order valence-corrected chi connectivity index (χ4v) is 2.91. The molecule has 0 fully saturated rings. The van der Waals surface area contributed by atoms with Crippen LogP contribution in [0.15, 0.2) is 61.4 Å². The van der Waals surface area contributed by atoms with Crippen molar-refractivity contribution < 1.29 is 0 Å². The molecule has 6 heteroatoms. The molecule has 0 bridgehead atoms. The molecule has 0 radical (unpaired) electrons. The molecule has 0 saturated heterocycles. The molecule has 0 spiro atoms. The second-order valence-electron chi connectivity index (χ2n) is 5.78. The van der Waals surface area contributed by atoms with Gasteiger partial charge in [0.05, 0.1) is 24.3 Å². The van der Waals surface area contributed by atoms with E-state index in [-0.39, 0.29) is 6.04 Å². The second kappa shape index (κ2) is 5.81. The van der Waals surface area contributed by atoms with Crippen LogP contribution in [-0.4, -0.2) is 29.3 Å². The average molecular weight is 318 g/mol. The van der Waals surface area contributed by atoms with Crippen molar-refractivity contribution in [1.29, 1.82) is 0 Å². The molecule has 120 valence electrons. The molecule has 3 aromatic heterocycles. The van der Waals surface area contributed by atoms with E-state index < -0.39 is 0 Å². The highest BCUT2D eigenvalue weighted by Crippen LogP contribution is 2.32. The molecule has 1 aromatic carbocycles. The van der Waals surface area contributed by atoms with Crippen LogP contribution < -0.4 is 0 Å². The Balaban J connectivity index is 1.88. The maximum absolute atomic E-state index is 4.67. The summed E-state index contributed by atoms with van der Waals surface area (Å²) in [5, 5.41) is 4.28. The smallest absolute Gasteiger partial charge is 0.156 e. The predicted molar refractivity (Wildman–Crippen MR) is 92.3 cm³/mol. The number of benzene rings is 1. The zero-order chi connectivity index (χ0) is 16.5. The van der Waals surface area contributed by atoms with Gasteiger partial charge in [0.15, 0.2) is 5.82 Å². The molecule has 4 aromatic rings. The van der Waals surface area contributed by atoms with Gasteiger partial charge >= 0.3 is 0 Å². The summed E-state index contributed by atoms with van der Waals surface area (Å²) in [6.07, 6.45) is 9.38. The lowest BCUT2D eigenvalue weighted by molar-refractivity contribution is 0.641. The van der Waals surface area contributed by atoms with Crippen molar-refractivity contribution in [2.45, 2.75) is 13.0 Å². The van der Waals surface area contributed by atoms with Crippen LogP contribution in [0.5, 0.6) is 0 Å². The molecule has 3 heterocycles. The van der Waals surface area contributed by atoms with Crippen molar-refractivity contribution in [2.24, 2.45) is 7.05 Å². The van der Waals surface area contributed by atoms with E-state index in [0.717, 1.165) is 28.3 Å². The Morgan fingerprint density at radius 1 is 1.12 bits per heavy atom. The van der Waals surface area contributed by atoms with Crippen molar-refractivity contribution in [3.8, 4) is 22.8 Å². The Hall–Kier alpha value is -3.15. The van der Waals surface area contributed by atoms with Gasteiger partial charge in [-0.25, -0.2) is 9.97 Å². The number of hydrogen-bond donors (Lipinski definition) is 1. The molecule has 6 nitrogen and oxygen atoms in total. The summed E-state index contributed by atoms with van der Waals surface area (Å²) in [6, 6.07) is 10.3. The Morgan fingerprint density at radius 2 is 1.96 bits per heavy atom. The topological polar surface area (TPSA) is 64.3 Å². The number of aromatic amines is 1. The molecular weight excluding hydrogens is 300 g/mol. The minimum atomic E-state index is 0.101. The van der Waals surface area contributed by atoms with Gasteiger partial charge in [-0.2, -0.15) is 5.10 Å². The van der Waals surface area contributed by atoms with E-state index in [2.05, 4.69) is 43.7 Å². The Kier molecular flexibility index (Phi) is 3.49. The van der Waals surface area contributed by atoms with Crippen molar-refractivity contribution in [2.75, 3.05) is 0 Å². The van der Waals surface area contributed by atoms with Crippen LogP contribution in [0.25, 0.3) is 22.8 Å². The van der Waals surface area contributed by atoms with E-state index in [0.29, 0.717) is 0 Å². The summed E-state index contributed by atoms with van der Waals surface area (Å²) in [4.78, 5) is 12.3. The third-order valence-electron chi connectivity index (χ3n) is 4.19. The first kappa shape index (κ1) is 14.4. The van der Waals surface area contributed by atoms with Crippen LogP contribution in [0.2, 0.25) is 0 Å². The molecule has 0 aliphatic heterocycles. The van der Waals surface area contributed by atoms with Gasteiger partial charge in [-0.1, -0.05) is 30.3 Å². The highest BCUT2D eigenvalue weighted by molar-refractivity contribution is 5.75. The molecule has 0 amide bonds. The molecule has 1 atom stereocenters. The molecule has 0 unspecified atom stereocenters. The Morgan fingerprint density at radius 3 is 2.62 bits per heavy atom. The first-order valence-corrected chi connectivity index (χ1v) is 7.84. The van der Waals surface area contributed by atoms with Gasteiger partial charge in [-0.3, -0.25) is 4.68 Å². The number of H-pyrrole nitrogens is 1. The Bertz CT molecular complexity index is 933. The number of nitrogens with one attached hydrogen (secondary N) is 1. The lowest BCUT2D eigenvalue weighted by Crippen LogP contribution is -2.07. The maximum atomic E-state index is 4.67. The molecular formula is C18H18N6. The summed E-state index contributed by atoms with van der Waals surface area (Å²) in [5.74, 6) is 0.807. The van der Waals surface area contributed by atoms with E-state index in [4.69, 9.17) is 0 Å². The lowest BCUT2D eigenvalue weighted by Gasteiger charge is -2.15. The van der Waals surface area contributed by atoms with Gasteiger partial charge in [0.25, 0.3) is 0 Å². The predicted octanol–water partition coefficient (Wildman–Crippen LogP) is 3.28. The van der Waals surface area contributed by atoms with Crippen LogP contribution >= 0.6 is 0 Å². The second-order valence-corrected chi connectivity index (χ2v) is 5.78. The van der Waals surface area contributed by atoms with Crippen molar-refractivity contribution in [3.63, 3.8) is 0 Å². The van der Waals surface area contributed by atoms with Crippen molar-refractivity contribution in [1.82, 2.24) is 29.3 Å². The summed E-state index contributed by atoms with van der Waals surface area (Å²) >= 11 is 0. The average Bonchev–Trinajstić information content (AvgIpc) is 3.34. The number of nitrogens with zero attached hydrogens (tertiary/aromatic N) is 5. The monoisotopic (exact) mass is 318 g/mol. The van der Waals surface area contributed by atoms with Gasteiger partial charge in [-0.05, 0) is 6.92 Å². The molecule has 0 aliphatic carbocycles. The zero-order valence-electron chi connectivity index (χ0n) is 13.6.